The zero-order chi connectivity index (χ0) is 10.9. The molecule has 0 saturated carbocycles. The summed E-state index contributed by atoms with van der Waals surface area (Å²) < 4.78 is 14.4. The smallest absolute Gasteiger partial charge is 0.130 e. The largest absolute Gasteiger partial charge is 0.397 e. The lowest BCUT2D eigenvalue weighted by Crippen LogP contribution is -2.09. The molecule has 1 nitrogen and oxygen atoms in total. The fraction of sp³-hybridized carbons (Fsp3) is 0.400. The number of hydrogen-bond acceptors (Lipinski definition) is 2. The Kier molecular flexibility index (Phi) is 3.48. The second kappa shape index (κ2) is 4.11. The fourth-order valence-electron chi connectivity index (χ4n) is 1.10. The van der Waals surface area contributed by atoms with Crippen molar-refractivity contribution >= 4 is 33.4 Å². The van der Waals surface area contributed by atoms with Gasteiger partial charge in [-0.2, -0.15) is 0 Å². The van der Waals surface area contributed by atoms with Crippen molar-refractivity contribution in [2.24, 2.45) is 0 Å². The zero-order valence-corrected chi connectivity index (χ0v) is 10.8. The number of hydrogen-bond donors (Lipinski definition) is 1. The Morgan fingerprint density at radius 1 is 1.43 bits per heavy atom. The lowest BCUT2D eigenvalue weighted by molar-refractivity contribution is 0.221. The standard InChI is InChI=1S/C10H13BrFNS/c1-10(2,12)6-4-7(11)9(13)8(5-6)14-3/h4-5H,13H2,1-3H3. The molecule has 0 bridgehead atoms. The van der Waals surface area contributed by atoms with Gasteiger partial charge in [0.25, 0.3) is 0 Å². The van der Waals surface area contributed by atoms with Gasteiger partial charge in [0.05, 0.1) is 5.69 Å². The first-order chi connectivity index (χ1) is 6.36. The first kappa shape index (κ1) is 11.9. The van der Waals surface area contributed by atoms with E-state index in [0.717, 1.165) is 9.37 Å². The number of benzene rings is 1. The molecule has 0 spiro atoms. The topological polar surface area (TPSA) is 26.0 Å². The molecule has 0 atom stereocenters. The summed E-state index contributed by atoms with van der Waals surface area (Å²) in [4.78, 5) is 0.903. The first-order valence-corrected chi connectivity index (χ1v) is 6.20. The molecule has 0 aliphatic carbocycles. The van der Waals surface area contributed by atoms with Crippen LogP contribution in [0.4, 0.5) is 10.1 Å². The highest BCUT2D eigenvalue weighted by Crippen LogP contribution is 2.36. The molecule has 0 aromatic heterocycles. The van der Waals surface area contributed by atoms with Gasteiger partial charge in [-0.25, -0.2) is 4.39 Å². The summed E-state index contributed by atoms with van der Waals surface area (Å²) in [5.74, 6) is 0. The minimum atomic E-state index is -1.33. The van der Waals surface area contributed by atoms with E-state index in [0.29, 0.717) is 11.3 Å². The molecule has 0 unspecified atom stereocenters. The van der Waals surface area contributed by atoms with E-state index in [1.54, 1.807) is 12.1 Å². The van der Waals surface area contributed by atoms with Crippen LogP contribution in [0.1, 0.15) is 19.4 Å². The first-order valence-electron chi connectivity index (χ1n) is 4.18. The number of nitrogen functional groups attached to an aromatic ring is 1. The summed E-state index contributed by atoms with van der Waals surface area (Å²) in [5.41, 5.74) is 5.80. The average molecular weight is 278 g/mol. The maximum atomic E-state index is 13.7. The number of rotatable bonds is 2. The molecule has 0 radical (unpaired) electrons. The maximum Gasteiger partial charge on any atom is 0.130 e. The van der Waals surface area contributed by atoms with Crippen LogP contribution < -0.4 is 5.73 Å². The molecule has 0 aliphatic heterocycles. The normalized spacial score (nSPS) is 11.8. The monoisotopic (exact) mass is 277 g/mol. The van der Waals surface area contributed by atoms with Crippen molar-refractivity contribution in [2.45, 2.75) is 24.4 Å². The number of anilines is 1. The second-order valence-corrected chi connectivity index (χ2v) is 5.25. The lowest BCUT2D eigenvalue weighted by atomic mass is 10.0. The second-order valence-electron chi connectivity index (χ2n) is 3.55. The molecular formula is C10H13BrFNS. The fourth-order valence-corrected chi connectivity index (χ4v) is 2.27. The summed E-state index contributed by atoms with van der Waals surface area (Å²) in [6, 6.07) is 3.53. The predicted molar refractivity (Wildman–Crippen MR) is 64.5 cm³/mol. The van der Waals surface area contributed by atoms with Crippen LogP contribution in [0.5, 0.6) is 0 Å². The van der Waals surface area contributed by atoms with E-state index in [1.807, 2.05) is 6.26 Å². The van der Waals surface area contributed by atoms with Gasteiger partial charge in [-0.05, 0) is 53.7 Å². The van der Waals surface area contributed by atoms with Crippen molar-refractivity contribution < 1.29 is 4.39 Å². The molecule has 78 valence electrons. The minimum absolute atomic E-state index is 0.642. The van der Waals surface area contributed by atoms with Gasteiger partial charge in [-0.1, -0.05) is 0 Å². The third-order valence-corrected chi connectivity index (χ3v) is 3.43. The molecule has 0 aliphatic rings. The van der Waals surface area contributed by atoms with E-state index in [9.17, 15) is 4.39 Å². The molecule has 2 N–H and O–H groups in total. The van der Waals surface area contributed by atoms with Crippen molar-refractivity contribution in [3.05, 3.63) is 22.2 Å². The highest BCUT2D eigenvalue weighted by atomic mass is 79.9. The Morgan fingerprint density at radius 2 is 2.00 bits per heavy atom. The summed E-state index contributed by atoms with van der Waals surface area (Å²) >= 11 is 4.84. The van der Waals surface area contributed by atoms with Crippen molar-refractivity contribution in [1.29, 1.82) is 0 Å². The van der Waals surface area contributed by atoms with Crippen LogP contribution in [0.2, 0.25) is 0 Å². The van der Waals surface area contributed by atoms with Gasteiger partial charge >= 0.3 is 0 Å². The van der Waals surface area contributed by atoms with Crippen LogP contribution in [-0.4, -0.2) is 6.26 Å². The lowest BCUT2D eigenvalue weighted by Gasteiger charge is -2.17. The van der Waals surface area contributed by atoms with Crippen molar-refractivity contribution in [2.75, 3.05) is 12.0 Å². The van der Waals surface area contributed by atoms with Crippen LogP contribution in [0.25, 0.3) is 0 Å². The van der Waals surface area contributed by atoms with E-state index >= 15 is 0 Å². The van der Waals surface area contributed by atoms with E-state index in [4.69, 9.17) is 5.73 Å². The number of nitrogens with two attached hydrogens (primary N) is 1. The maximum absolute atomic E-state index is 13.7. The molecule has 0 fully saturated rings. The van der Waals surface area contributed by atoms with Crippen LogP contribution in [0.15, 0.2) is 21.5 Å². The molecule has 1 aromatic rings. The van der Waals surface area contributed by atoms with E-state index in [2.05, 4.69) is 15.9 Å². The van der Waals surface area contributed by atoms with Gasteiger partial charge in [0.2, 0.25) is 0 Å². The number of halogens is 2. The molecule has 0 heterocycles. The Bertz CT molecular complexity index is 347. The summed E-state index contributed by atoms with van der Waals surface area (Å²) in [6.45, 7) is 3.07. The zero-order valence-electron chi connectivity index (χ0n) is 8.40. The quantitative estimate of drug-likeness (QED) is 0.654. The Hall–Kier alpha value is -0.220. The van der Waals surface area contributed by atoms with Crippen LogP contribution in [0.3, 0.4) is 0 Å². The third kappa shape index (κ3) is 2.42. The van der Waals surface area contributed by atoms with Gasteiger partial charge in [-0.3, -0.25) is 0 Å². The van der Waals surface area contributed by atoms with Crippen molar-refractivity contribution in [3.63, 3.8) is 0 Å². The molecule has 1 rings (SSSR count). The van der Waals surface area contributed by atoms with Gasteiger partial charge < -0.3 is 5.73 Å². The predicted octanol–water partition coefficient (Wildman–Crippen LogP) is 3.96. The highest BCUT2D eigenvalue weighted by Gasteiger charge is 2.20. The van der Waals surface area contributed by atoms with Crippen molar-refractivity contribution in [3.8, 4) is 0 Å². The molecule has 1 aromatic carbocycles. The van der Waals surface area contributed by atoms with Gasteiger partial charge in [0, 0.05) is 9.37 Å². The Balaban J connectivity index is 3.30. The van der Waals surface area contributed by atoms with E-state index in [1.165, 1.54) is 25.6 Å². The average Bonchev–Trinajstić information content (AvgIpc) is 2.07. The summed E-state index contributed by atoms with van der Waals surface area (Å²) in [6.07, 6.45) is 1.92. The molecule has 14 heavy (non-hydrogen) atoms. The SMILES string of the molecule is CSc1cc(C(C)(C)F)cc(Br)c1N. The third-order valence-electron chi connectivity index (χ3n) is 2.00. The minimum Gasteiger partial charge on any atom is -0.397 e. The van der Waals surface area contributed by atoms with Gasteiger partial charge in [0.1, 0.15) is 5.67 Å². The molecular weight excluding hydrogens is 265 g/mol. The molecule has 0 saturated heterocycles. The Morgan fingerprint density at radius 3 is 2.43 bits per heavy atom. The van der Waals surface area contributed by atoms with Crippen molar-refractivity contribution in [1.82, 2.24) is 0 Å². The highest BCUT2D eigenvalue weighted by molar-refractivity contribution is 9.10. The molecule has 0 amide bonds. The van der Waals surface area contributed by atoms with Crippen LogP contribution >= 0.6 is 27.7 Å². The van der Waals surface area contributed by atoms with Gasteiger partial charge in [-0.15, -0.1) is 11.8 Å². The van der Waals surface area contributed by atoms with Crippen LogP contribution in [0, 0.1) is 0 Å². The molecule has 4 heteroatoms. The summed E-state index contributed by atoms with van der Waals surface area (Å²) in [5, 5.41) is 0. The van der Waals surface area contributed by atoms with Crippen LogP contribution in [-0.2, 0) is 5.67 Å². The summed E-state index contributed by atoms with van der Waals surface area (Å²) in [7, 11) is 0. The number of thioether (sulfide) groups is 1. The number of alkyl halides is 1. The van der Waals surface area contributed by atoms with E-state index in [-0.39, 0.29) is 0 Å². The Labute approximate surface area is 96.4 Å². The van der Waals surface area contributed by atoms with Gasteiger partial charge in [0.15, 0.2) is 0 Å². The van der Waals surface area contributed by atoms with E-state index < -0.39 is 5.67 Å².